The number of rotatable bonds is 9. The monoisotopic (exact) mass is 444 g/mol. The number of sulfonamides is 1. The molecule has 1 aliphatic heterocycles. The fourth-order valence-corrected chi connectivity index (χ4v) is 4.32. The highest BCUT2D eigenvalue weighted by molar-refractivity contribution is 7.89. The first-order valence-corrected chi connectivity index (χ1v) is 11.3. The molecule has 0 bridgehead atoms. The second-order valence-electron chi connectivity index (χ2n) is 7.31. The van der Waals surface area contributed by atoms with Crippen molar-refractivity contribution in [3.8, 4) is 0 Å². The molecule has 2 aromatic rings. The number of carbonyl (C=O) groups excluding carboxylic acids is 3. The molecular formula is C22H24N2O6S. The largest absolute Gasteiger partial charge is 0.465 e. The van der Waals surface area contributed by atoms with E-state index in [-0.39, 0.29) is 29.9 Å². The van der Waals surface area contributed by atoms with Gasteiger partial charge in [-0.1, -0.05) is 29.8 Å². The van der Waals surface area contributed by atoms with Gasteiger partial charge in [0.1, 0.15) is 6.54 Å². The summed E-state index contributed by atoms with van der Waals surface area (Å²) < 4.78 is 31.1. The van der Waals surface area contributed by atoms with E-state index in [1.807, 2.05) is 6.92 Å². The molecule has 31 heavy (non-hydrogen) atoms. The predicted molar refractivity (Wildman–Crippen MR) is 113 cm³/mol. The molecule has 0 saturated heterocycles. The topological polar surface area (TPSA) is 101 Å². The number of fused-ring (bicyclic) bond motifs is 1. The van der Waals surface area contributed by atoms with Crippen molar-refractivity contribution in [3.05, 3.63) is 65.2 Å². The molecule has 164 valence electrons. The van der Waals surface area contributed by atoms with E-state index in [0.29, 0.717) is 24.0 Å². The number of hydrogen-bond donors (Lipinski definition) is 0. The van der Waals surface area contributed by atoms with E-state index < -0.39 is 22.5 Å². The fourth-order valence-electron chi connectivity index (χ4n) is 3.20. The Morgan fingerprint density at radius 2 is 1.55 bits per heavy atom. The van der Waals surface area contributed by atoms with Crippen LogP contribution in [0.1, 0.15) is 39.1 Å². The number of ether oxygens (including phenoxy) is 1. The molecule has 0 aliphatic carbocycles. The summed E-state index contributed by atoms with van der Waals surface area (Å²) in [7, 11) is -2.47. The average Bonchev–Trinajstić information content (AvgIpc) is 2.98. The van der Waals surface area contributed by atoms with Crippen LogP contribution in [0.25, 0.3) is 0 Å². The number of esters is 1. The molecule has 2 amide bonds. The minimum Gasteiger partial charge on any atom is -0.465 e. The molecule has 9 heteroatoms. The van der Waals surface area contributed by atoms with E-state index in [2.05, 4.69) is 0 Å². The number of unbranched alkanes of at least 4 members (excludes halogenated alkanes) is 1. The Balaban J connectivity index is 1.41. The van der Waals surface area contributed by atoms with E-state index in [4.69, 9.17) is 4.74 Å². The number of benzene rings is 2. The molecule has 0 unspecified atom stereocenters. The Morgan fingerprint density at radius 3 is 2.13 bits per heavy atom. The minimum absolute atomic E-state index is 0.0699. The van der Waals surface area contributed by atoms with Gasteiger partial charge in [-0.3, -0.25) is 19.3 Å². The van der Waals surface area contributed by atoms with Crippen molar-refractivity contribution in [2.24, 2.45) is 0 Å². The van der Waals surface area contributed by atoms with Crippen LogP contribution in [0.4, 0.5) is 0 Å². The van der Waals surface area contributed by atoms with E-state index in [9.17, 15) is 22.8 Å². The van der Waals surface area contributed by atoms with Gasteiger partial charge >= 0.3 is 5.97 Å². The van der Waals surface area contributed by atoms with Crippen LogP contribution in [0.5, 0.6) is 0 Å². The van der Waals surface area contributed by atoms with Gasteiger partial charge in [-0.25, -0.2) is 8.42 Å². The first kappa shape index (κ1) is 22.6. The van der Waals surface area contributed by atoms with Crippen molar-refractivity contribution in [1.29, 1.82) is 0 Å². The first-order chi connectivity index (χ1) is 14.7. The summed E-state index contributed by atoms with van der Waals surface area (Å²) in [4.78, 5) is 37.9. The van der Waals surface area contributed by atoms with Gasteiger partial charge in [-0.15, -0.1) is 0 Å². The molecule has 0 spiro atoms. The highest BCUT2D eigenvalue weighted by atomic mass is 32.2. The van der Waals surface area contributed by atoms with Crippen molar-refractivity contribution in [2.45, 2.75) is 24.7 Å². The van der Waals surface area contributed by atoms with Crippen molar-refractivity contribution >= 4 is 27.8 Å². The number of likely N-dealkylation sites (N-methyl/N-ethyl adjacent to an activating group) is 1. The van der Waals surface area contributed by atoms with Crippen molar-refractivity contribution < 1.29 is 27.5 Å². The lowest BCUT2D eigenvalue weighted by atomic mass is 10.1. The Hall–Kier alpha value is -3.04. The van der Waals surface area contributed by atoms with Crippen LogP contribution in [0.15, 0.2) is 53.4 Å². The minimum atomic E-state index is -3.78. The second kappa shape index (κ2) is 9.40. The molecule has 8 nitrogen and oxygen atoms in total. The van der Waals surface area contributed by atoms with Crippen molar-refractivity contribution in [1.82, 2.24) is 9.21 Å². The summed E-state index contributed by atoms with van der Waals surface area (Å²) in [5, 5.41) is 0. The number of amides is 2. The summed E-state index contributed by atoms with van der Waals surface area (Å²) >= 11 is 0. The predicted octanol–water partition coefficient (Wildman–Crippen LogP) is 2.24. The van der Waals surface area contributed by atoms with E-state index in [0.717, 1.165) is 9.87 Å². The quantitative estimate of drug-likeness (QED) is 0.334. The van der Waals surface area contributed by atoms with Crippen LogP contribution in [0, 0.1) is 6.92 Å². The third kappa shape index (κ3) is 5.00. The molecule has 0 N–H and O–H groups in total. The summed E-state index contributed by atoms with van der Waals surface area (Å²) in [5.41, 5.74) is 1.73. The van der Waals surface area contributed by atoms with Crippen LogP contribution in [-0.2, 0) is 19.6 Å². The lowest BCUT2D eigenvalue weighted by molar-refractivity contribution is -0.143. The van der Waals surface area contributed by atoms with Gasteiger partial charge in [0, 0.05) is 13.6 Å². The van der Waals surface area contributed by atoms with Gasteiger partial charge in [-0.2, -0.15) is 4.31 Å². The first-order valence-electron chi connectivity index (χ1n) is 9.85. The molecule has 3 rings (SSSR count). The standard InChI is InChI=1S/C22H24N2O6S/c1-16-9-11-17(12-10-16)31(28,29)23(2)15-20(25)30-14-6-5-13-24-21(26)18-7-3-4-8-19(18)22(24)27/h3-4,7-12H,5-6,13-15H2,1-2H3. The Labute approximate surface area is 181 Å². The summed E-state index contributed by atoms with van der Waals surface area (Å²) in [6.07, 6.45) is 0.907. The van der Waals surface area contributed by atoms with Gasteiger partial charge in [0.15, 0.2) is 0 Å². The van der Waals surface area contributed by atoms with Gasteiger partial charge in [0.05, 0.1) is 22.6 Å². The molecule has 2 aromatic carbocycles. The third-order valence-corrected chi connectivity index (χ3v) is 6.82. The molecule has 0 fully saturated rings. The normalized spacial score (nSPS) is 13.6. The number of imide groups is 1. The second-order valence-corrected chi connectivity index (χ2v) is 9.35. The lowest BCUT2D eigenvalue weighted by Gasteiger charge is -2.17. The van der Waals surface area contributed by atoms with Crippen LogP contribution in [0.2, 0.25) is 0 Å². The zero-order valence-corrected chi connectivity index (χ0v) is 18.2. The van der Waals surface area contributed by atoms with Crippen LogP contribution in [-0.4, -0.2) is 62.2 Å². The summed E-state index contributed by atoms with van der Waals surface area (Å²) in [5.74, 6) is -1.31. The fraction of sp³-hybridized carbons (Fsp3) is 0.318. The van der Waals surface area contributed by atoms with Crippen LogP contribution < -0.4 is 0 Å². The van der Waals surface area contributed by atoms with Gasteiger partial charge in [0.2, 0.25) is 10.0 Å². The Morgan fingerprint density at radius 1 is 0.968 bits per heavy atom. The Kier molecular flexibility index (Phi) is 6.87. The zero-order chi connectivity index (χ0) is 22.6. The third-order valence-electron chi connectivity index (χ3n) is 5.00. The lowest BCUT2D eigenvalue weighted by Crippen LogP contribution is -2.33. The smallest absolute Gasteiger partial charge is 0.321 e. The van der Waals surface area contributed by atoms with E-state index in [1.165, 1.54) is 24.1 Å². The maximum absolute atomic E-state index is 12.5. The van der Waals surface area contributed by atoms with Gasteiger partial charge in [-0.05, 0) is 44.0 Å². The van der Waals surface area contributed by atoms with Gasteiger partial charge in [0.25, 0.3) is 11.8 Å². The highest BCUT2D eigenvalue weighted by Crippen LogP contribution is 2.22. The van der Waals surface area contributed by atoms with Gasteiger partial charge < -0.3 is 4.74 Å². The molecule has 1 heterocycles. The molecule has 0 atom stereocenters. The molecule has 0 aromatic heterocycles. The molecular weight excluding hydrogens is 420 g/mol. The summed E-state index contributed by atoms with van der Waals surface area (Å²) in [6, 6.07) is 13.0. The highest BCUT2D eigenvalue weighted by Gasteiger charge is 2.34. The molecule has 1 aliphatic rings. The van der Waals surface area contributed by atoms with E-state index >= 15 is 0 Å². The number of nitrogens with zero attached hydrogens (tertiary/aromatic N) is 2. The van der Waals surface area contributed by atoms with Crippen LogP contribution >= 0.6 is 0 Å². The average molecular weight is 445 g/mol. The Bertz CT molecular complexity index is 1060. The van der Waals surface area contributed by atoms with Crippen molar-refractivity contribution in [3.63, 3.8) is 0 Å². The number of aryl methyl sites for hydroxylation is 1. The van der Waals surface area contributed by atoms with E-state index in [1.54, 1.807) is 36.4 Å². The zero-order valence-electron chi connectivity index (χ0n) is 17.4. The number of hydrogen-bond acceptors (Lipinski definition) is 6. The maximum Gasteiger partial charge on any atom is 0.321 e. The van der Waals surface area contributed by atoms with Crippen LogP contribution in [0.3, 0.4) is 0 Å². The van der Waals surface area contributed by atoms with Crippen molar-refractivity contribution in [2.75, 3.05) is 26.7 Å². The molecule has 0 saturated carbocycles. The summed E-state index contributed by atoms with van der Waals surface area (Å²) in [6.45, 7) is 1.74. The molecule has 0 radical (unpaired) electrons. The number of carbonyl (C=O) groups is 3. The SMILES string of the molecule is Cc1ccc(S(=O)(=O)N(C)CC(=O)OCCCCN2C(=O)c3ccccc3C2=O)cc1. The maximum atomic E-state index is 12.5.